The molecular formula is C25H22N2O3. The second-order valence-corrected chi connectivity index (χ2v) is 7.43. The van der Waals surface area contributed by atoms with Crippen LogP contribution in [0.1, 0.15) is 37.4 Å². The first-order valence-electron chi connectivity index (χ1n) is 9.88. The van der Waals surface area contributed by atoms with Gasteiger partial charge in [-0.05, 0) is 30.2 Å². The normalized spacial score (nSPS) is 13.8. The van der Waals surface area contributed by atoms with Crippen molar-refractivity contribution in [1.29, 1.82) is 0 Å². The van der Waals surface area contributed by atoms with E-state index in [4.69, 9.17) is 0 Å². The zero-order valence-corrected chi connectivity index (χ0v) is 16.7. The van der Waals surface area contributed by atoms with Gasteiger partial charge in [0, 0.05) is 13.0 Å². The Morgan fingerprint density at radius 3 is 1.97 bits per heavy atom. The molecule has 3 aromatic carbocycles. The molecule has 0 saturated heterocycles. The summed E-state index contributed by atoms with van der Waals surface area (Å²) >= 11 is 0. The molecule has 0 saturated carbocycles. The fourth-order valence-corrected chi connectivity index (χ4v) is 3.64. The van der Waals surface area contributed by atoms with E-state index in [-0.39, 0.29) is 12.3 Å². The molecule has 1 atom stereocenters. The van der Waals surface area contributed by atoms with Crippen LogP contribution in [-0.2, 0) is 17.8 Å². The summed E-state index contributed by atoms with van der Waals surface area (Å²) in [6.07, 6.45) is 0.256. The average Bonchev–Trinajstić information content (AvgIpc) is 3.02. The number of amides is 3. The predicted octanol–water partition coefficient (Wildman–Crippen LogP) is 3.52. The van der Waals surface area contributed by atoms with Crippen LogP contribution >= 0.6 is 0 Å². The number of nitrogens with one attached hydrogen (secondary N) is 1. The number of carbonyl (C=O) groups is 3. The van der Waals surface area contributed by atoms with E-state index in [1.165, 1.54) is 0 Å². The molecule has 4 rings (SSSR count). The smallest absolute Gasteiger partial charge is 0.262 e. The standard InChI is InChI=1S/C25H22N2O3/c1-17-11-13-19(14-12-17)16-26-23(28)22(15-18-7-3-2-4-8-18)27-24(29)20-9-5-6-10-21(20)25(27)30/h2-14,22H,15-16H2,1H3,(H,26,28)/t22-/m0/s1. The molecule has 5 heteroatoms. The minimum atomic E-state index is -0.926. The van der Waals surface area contributed by atoms with Crippen LogP contribution in [0.4, 0.5) is 0 Å². The zero-order valence-electron chi connectivity index (χ0n) is 16.7. The molecular weight excluding hydrogens is 376 g/mol. The lowest BCUT2D eigenvalue weighted by Gasteiger charge is -2.25. The van der Waals surface area contributed by atoms with E-state index in [9.17, 15) is 14.4 Å². The number of aryl methyl sites for hydroxylation is 1. The minimum absolute atomic E-state index is 0.256. The van der Waals surface area contributed by atoms with Crippen molar-refractivity contribution in [3.63, 3.8) is 0 Å². The van der Waals surface area contributed by atoms with Gasteiger partial charge in [-0.25, -0.2) is 0 Å². The van der Waals surface area contributed by atoms with Gasteiger partial charge in [-0.15, -0.1) is 0 Å². The molecule has 1 heterocycles. The van der Waals surface area contributed by atoms with Crippen LogP contribution in [0.25, 0.3) is 0 Å². The summed E-state index contributed by atoms with van der Waals surface area (Å²) in [7, 11) is 0. The molecule has 0 aliphatic carbocycles. The van der Waals surface area contributed by atoms with E-state index in [2.05, 4.69) is 5.32 Å². The largest absolute Gasteiger partial charge is 0.350 e. The molecule has 0 unspecified atom stereocenters. The number of benzene rings is 3. The summed E-state index contributed by atoms with van der Waals surface area (Å²) in [5.41, 5.74) is 3.65. The molecule has 5 nitrogen and oxygen atoms in total. The number of fused-ring (bicyclic) bond motifs is 1. The molecule has 1 N–H and O–H groups in total. The van der Waals surface area contributed by atoms with E-state index in [0.717, 1.165) is 21.6 Å². The fraction of sp³-hybridized carbons (Fsp3) is 0.160. The number of hydrogen-bond acceptors (Lipinski definition) is 3. The molecule has 0 aromatic heterocycles. The zero-order chi connectivity index (χ0) is 21.1. The third kappa shape index (κ3) is 3.87. The third-order valence-corrected chi connectivity index (χ3v) is 5.30. The van der Waals surface area contributed by atoms with Crippen molar-refractivity contribution in [2.24, 2.45) is 0 Å². The maximum atomic E-state index is 13.2. The van der Waals surface area contributed by atoms with Gasteiger partial charge >= 0.3 is 0 Å². The molecule has 150 valence electrons. The van der Waals surface area contributed by atoms with Gasteiger partial charge in [-0.2, -0.15) is 0 Å². The summed E-state index contributed by atoms with van der Waals surface area (Å²) in [6, 6.07) is 23.0. The molecule has 1 aliphatic heterocycles. The van der Waals surface area contributed by atoms with Crippen molar-refractivity contribution in [2.45, 2.75) is 25.9 Å². The van der Waals surface area contributed by atoms with Crippen molar-refractivity contribution in [2.75, 3.05) is 0 Å². The lowest BCUT2D eigenvalue weighted by Crippen LogP contribution is -2.50. The first-order valence-corrected chi connectivity index (χ1v) is 9.88. The highest BCUT2D eigenvalue weighted by molar-refractivity contribution is 6.22. The Balaban J connectivity index is 1.60. The van der Waals surface area contributed by atoms with Crippen LogP contribution in [0.3, 0.4) is 0 Å². The second-order valence-electron chi connectivity index (χ2n) is 7.43. The van der Waals surface area contributed by atoms with Crippen molar-refractivity contribution in [3.8, 4) is 0 Å². The summed E-state index contributed by atoms with van der Waals surface area (Å²) < 4.78 is 0. The summed E-state index contributed by atoms with van der Waals surface area (Å²) in [5.74, 6) is -1.21. The maximum absolute atomic E-state index is 13.2. The quantitative estimate of drug-likeness (QED) is 0.646. The van der Waals surface area contributed by atoms with Gasteiger partial charge in [-0.3, -0.25) is 19.3 Å². The predicted molar refractivity (Wildman–Crippen MR) is 114 cm³/mol. The number of rotatable bonds is 6. The highest BCUT2D eigenvalue weighted by atomic mass is 16.2. The Morgan fingerprint density at radius 2 is 1.37 bits per heavy atom. The van der Waals surface area contributed by atoms with Crippen LogP contribution in [0.5, 0.6) is 0 Å². The monoisotopic (exact) mass is 398 g/mol. The lowest BCUT2D eigenvalue weighted by atomic mass is 10.0. The summed E-state index contributed by atoms with van der Waals surface area (Å²) in [4.78, 5) is 40.2. The van der Waals surface area contributed by atoms with Crippen LogP contribution in [0, 0.1) is 6.92 Å². The molecule has 0 bridgehead atoms. The highest BCUT2D eigenvalue weighted by Crippen LogP contribution is 2.26. The Morgan fingerprint density at radius 1 is 0.800 bits per heavy atom. The Kier molecular flexibility index (Phi) is 5.44. The summed E-state index contributed by atoms with van der Waals surface area (Å²) in [5, 5.41) is 2.90. The van der Waals surface area contributed by atoms with Gasteiger partial charge < -0.3 is 5.32 Å². The van der Waals surface area contributed by atoms with Crippen molar-refractivity contribution < 1.29 is 14.4 Å². The second kappa shape index (κ2) is 8.33. The molecule has 0 radical (unpaired) electrons. The van der Waals surface area contributed by atoms with Gasteiger partial charge in [0.1, 0.15) is 6.04 Å². The average molecular weight is 398 g/mol. The molecule has 0 spiro atoms. The van der Waals surface area contributed by atoms with Gasteiger partial charge in [0.25, 0.3) is 11.8 Å². The minimum Gasteiger partial charge on any atom is -0.350 e. The van der Waals surface area contributed by atoms with Crippen LogP contribution < -0.4 is 5.32 Å². The summed E-state index contributed by atoms with van der Waals surface area (Å²) in [6.45, 7) is 2.33. The van der Waals surface area contributed by atoms with E-state index in [1.54, 1.807) is 24.3 Å². The van der Waals surface area contributed by atoms with Crippen LogP contribution in [0.15, 0.2) is 78.9 Å². The topological polar surface area (TPSA) is 66.5 Å². The van der Waals surface area contributed by atoms with Gasteiger partial charge in [-0.1, -0.05) is 72.3 Å². The van der Waals surface area contributed by atoms with Crippen LogP contribution in [-0.4, -0.2) is 28.7 Å². The number of nitrogens with zero attached hydrogens (tertiary/aromatic N) is 1. The van der Waals surface area contributed by atoms with Crippen molar-refractivity contribution in [1.82, 2.24) is 10.2 Å². The highest BCUT2D eigenvalue weighted by Gasteiger charge is 2.42. The molecule has 30 heavy (non-hydrogen) atoms. The first kappa shape index (κ1) is 19.6. The Bertz CT molecular complexity index is 1060. The SMILES string of the molecule is Cc1ccc(CNC(=O)[C@H](Cc2ccccc2)N2C(=O)c3ccccc3C2=O)cc1. The first-order chi connectivity index (χ1) is 14.5. The Labute approximate surface area is 175 Å². The molecule has 1 aliphatic rings. The molecule has 0 fully saturated rings. The molecule has 3 aromatic rings. The van der Waals surface area contributed by atoms with Crippen molar-refractivity contribution >= 4 is 17.7 Å². The lowest BCUT2D eigenvalue weighted by molar-refractivity contribution is -0.125. The molecule has 3 amide bonds. The Hall–Kier alpha value is -3.73. The maximum Gasteiger partial charge on any atom is 0.262 e. The fourth-order valence-electron chi connectivity index (χ4n) is 3.64. The number of hydrogen-bond donors (Lipinski definition) is 1. The third-order valence-electron chi connectivity index (χ3n) is 5.30. The van der Waals surface area contributed by atoms with Gasteiger partial charge in [0.2, 0.25) is 5.91 Å². The van der Waals surface area contributed by atoms with E-state index in [1.807, 2.05) is 61.5 Å². The van der Waals surface area contributed by atoms with Crippen LogP contribution in [0.2, 0.25) is 0 Å². The van der Waals surface area contributed by atoms with E-state index < -0.39 is 17.9 Å². The number of imide groups is 1. The van der Waals surface area contributed by atoms with Crippen molar-refractivity contribution in [3.05, 3.63) is 107 Å². The number of carbonyl (C=O) groups excluding carboxylic acids is 3. The van der Waals surface area contributed by atoms with Gasteiger partial charge in [0.15, 0.2) is 0 Å². The van der Waals surface area contributed by atoms with E-state index >= 15 is 0 Å². The van der Waals surface area contributed by atoms with Gasteiger partial charge in [0.05, 0.1) is 11.1 Å². The van der Waals surface area contributed by atoms with E-state index in [0.29, 0.717) is 17.7 Å².